The largest absolute Gasteiger partial charge is 0.122 e. The molecule has 0 unspecified atom stereocenters. The van der Waals surface area contributed by atoms with Gasteiger partial charge in [0.25, 0.3) is 0 Å². The van der Waals surface area contributed by atoms with Crippen LogP contribution in [0.1, 0.15) is 52.9 Å². The molecule has 0 bridgehead atoms. The summed E-state index contributed by atoms with van der Waals surface area (Å²) in [5, 5.41) is 0.311. The molecule has 1 heteroatoms. The molecule has 0 heterocycles. The molecule has 0 spiro atoms. The lowest BCUT2D eigenvalue weighted by Crippen LogP contribution is -2.53. The zero-order valence-electron chi connectivity index (χ0n) is 14.7. The molecule has 0 aromatic heterocycles. The van der Waals surface area contributed by atoms with Crippen molar-refractivity contribution in [1.82, 2.24) is 0 Å². The number of allylic oxidation sites excluding steroid dienone is 6. The molecule has 2 fully saturated rings. The molecule has 8 atom stereocenters. The molecule has 0 amide bonds. The van der Waals surface area contributed by atoms with Crippen molar-refractivity contribution in [2.75, 3.05) is 0 Å². The second-order valence-corrected chi connectivity index (χ2v) is 9.76. The first-order chi connectivity index (χ1) is 11.0. The highest BCUT2D eigenvalue weighted by molar-refractivity contribution is 6.21. The highest BCUT2D eigenvalue weighted by atomic mass is 35.5. The summed E-state index contributed by atoms with van der Waals surface area (Å²) < 4.78 is 0. The molecule has 0 aromatic carbocycles. The van der Waals surface area contributed by atoms with Gasteiger partial charge in [-0.2, -0.15) is 0 Å². The van der Waals surface area contributed by atoms with Gasteiger partial charge < -0.3 is 0 Å². The summed E-state index contributed by atoms with van der Waals surface area (Å²) in [6.07, 6.45) is 16.6. The standard InChI is InChI=1S/C22H29Cl/c1-4-14-8-10-17-16-9-7-15-6-5-13-11-18(13)21(15,2)19(16)12-20(23)22(14,17)3/h6-9,13,16-20H,4-5,10-12H2,1-3H3/t13-,16+,17+,18+,19+,20+,21-,22-/m1/s1. The van der Waals surface area contributed by atoms with Crippen LogP contribution >= 0.6 is 11.6 Å². The van der Waals surface area contributed by atoms with E-state index in [2.05, 4.69) is 45.1 Å². The Balaban J connectivity index is 1.59. The summed E-state index contributed by atoms with van der Waals surface area (Å²) in [6, 6.07) is 0. The van der Waals surface area contributed by atoms with Crippen molar-refractivity contribution >= 4 is 11.6 Å². The van der Waals surface area contributed by atoms with Gasteiger partial charge in [-0.1, -0.05) is 50.6 Å². The highest BCUT2D eigenvalue weighted by Gasteiger charge is 2.64. The molecular weight excluding hydrogens is 300 g/mol. The van der Waals surface area contributed by atoms with E-state index in [-0.39, 0.29) is 5.41 Å². The van der Waals surface area contributed by atoms with Crippen LogP contribution in [0.2, 0.25) is 0 Å². The molecule has 0 aromatic rings. The van der Waals surface area contributed by atoms with Gasteiger partial charge in [-0.3, -0.25) is 0 Å². The van der Waals surface area contributed by atoms with Crippen LogP contribution in [0.15, 0.2) is 35.5 Å². The van der Waals surface area contributed by atoms with Crippen LogP contribution in [0.4, 0.5) is 0 Å². The number of hydrogen-bond donors (Lipinski definition) is 0. The summed E-state index contributed by atoms with van der Waals surface area (Å²) in [7, 11) is 0. The fraction of sp³-hybridized carbons (Fsp3) is 0.727. The van der Waals surface area contributed by atoms with E-state index in [0.29, 0.717) is 10.8 Å². The van der Waals surface area contributed by atoms with E-state index in [1.165, 1.54) is 32.1 Å². The number of alkyl halides is 1. The Hall–Kier alpha value is -0.490. The number of halogens is 1. The van der Waals surface area contributed by atoms with E-state index < -0.39 is 0 Å². The summed E-state index contributed by atoms with van der Waals surface area (Å²) in [6.45, 7) is 7.36. The van der Waals surface area contributed by atoms with Crippen LogP contribution in [0.3, 0.4) is 0 Å². The smallest absolute Gasteiger partial charge is 0.0433 e. The number of hydrogen-bond acceptors (Lipinski definition) is 0. The molecule has 0 radical (unpaired) electrons. The third-order valence-corrected chi connectivity index (χ3v) is 9.36. The summed E-state index contributed by atoms with van der Waals surface area (Å²) in [4.78, 5) is 0. The molecule has 0 aliphatic heterocycles. The predicted octanol–water partition coefficient (Wildman–Crippen LogP) is 6.13. The Morgan fingerprint density at radius 2 is 1.87 bits per heavy atom. The van der Waals surface area contributed by atoms with Crippen molar-refractivity contribution in [1.29, 1.82) is 0 Å². The first kappa shape index (κ1) is 14.8. The van der Waals surface area contributed by atoms with Gasteiger partial charge in [0.1, 0.15) is 0 Å². The lowest BCUT2D eigenvalue weighted by Gasteiger charge is -2.57. The molecular formula is C22H29Cl. The minimum atomic E-state index is 0.233. The normalized spacial score (nSPS) is 56.0. The quantitative estimate of drug-likeness (QED) is 0.401. The van der Waals surface area contributed by atoms with E-state index in [4.69, 9.17) is 11.6 Å². The Morgan fingerprint density at radius 1 is 1.04 bits per heavy atom. The van der Waals surface area contributed by atoms with Gasteiger partial charge in [-0.15, -0.1) is 11.6 Å². The van der Waals surface area contributed by atoms with E-state index in [0.717, 1.165) is 29.6 Å². The van der Waals surface area contributed by atoms with E-state index in [1.807, 2.05) is 0 Å². The Kier molecular flexibility index (Phi) is 2.94. The lowest BCUT2D eigenvalue weighted by molar-refractivity contribution is 0.00976. The Morgan fingerprint density at radius 3 is 2.65 bits per heavy atom. The molecule has 23 heavy (non-hydrogen) atoms. The lowest BCUT2D eigenvalue weighted by atomic mass is 9.48. The highest BCUT2D eigenvalue weighted by Crippen LogP contribution is 2.70. The molecule has 5 aliphatic carbocycles. The van der Waals surface area contributed by atoms with Crippen molar-refractivity contribution in [3.63, 3.8) is 0 Å². The van der Waals surface area contributed by atoms with Gasteiger partial charge >= 0.3 is 0 Å². The second kappa shape index (κ2) is 4.57. The predicted molar refractivity (Wildman–Crippen MR) is 97.4 cm³/mol. The fourth-order valence-corrected chi connectivity index (χ4v) is 7.71. The van der Waals surface area contributed by atoms with Gasteiger partial charge in [0.2, 0.25) is 0 Å². The maximum absolute atomic E-state index is 7.12. The first-order valence-electron chi connectivity index (χ1n) is 9.73. The van der Waals surface area contributed by atoms with E-state index >= 15 is 0 Å². The van der Waals surface area contributed by atoms with E-state index in [1.54, 1.807) is 11.1 Å². The van der Waals surface area contributed by atoms with Crippen LogP contribution in [-0.4, -0.2) is 5.38 Å². The molecule has 5 aliphatic rings. The van der Waals surface area contributed by atoms with Crippen molar-refractivity contribution in [2.24, 2.45) is 40.4 Å². The zero-order valence-corrected chi connectivity index (χ0v) is 15.4. The first-order valence-corrected chi connectivity index (χ1v) is 10.2. The minimum Gasteiger partial charge on any atom is -0.122 e. The monoisotopic (exact) mass is 328 g/mol. The molecule has 124 valence electrons. The number of rotatable bonds is 1. The molecule has 5 rings (SSSR count). The zero-order chi connectivity index (χ0) is 16.0. The van der Waals surface area contributed by atoms with Crippen molar-refractivity contribution in [3.8, 4) is 0 Å². The van der Waals surface area contributed by atoms with Gasteiger partial charge in [0, 0.05) is 10.8 Å². The molecule has 0 nitrogen and oxygen atoms in total. The summed E-state index contributed by atoms with van der Waals surface area (Å²) in [5.74, 6) is 4.14. The number of fused-ring (bicyclic) bond motifs is 7. The minimum absolute atomic E-state index is 0.233. The average Bonchev–Trinajstić information content (AvgIpc) is 3.25. The summed E-state index contributed by atoms with van der Waals surface area (Å²) >= 11 is 7.12. The molecule has 0 saturated heterocycles. The SMILES string of the molecule is CCC1=CC[C@H]2[C@@H]3C=CC4=CC[C@@H]5C[C@@H]5[C@]4(C)[C@H]3C[C@H](Cl)[C@]12C. The second-order valence-electron chi connectivity index (χ2n) is 9.23. The molecule has 2 saturated carbocycles. The fourth-order valence-electron chi connectivity index (χ4n) is 7.21. The third-order valence-electron chi connectivity index (χ3n) is 8.73. The van der Waals surface area contributed by atoms with Crippen molar-refractivity contribution in [2.45, 2.75) is 58.3 Å². The topological polar surface area (TPSA) is 0 Å². The van der Waals surface area contributed by atoms with Crippen molar-refractivity contribution < 1.29 is 0 Å². The maximum Gasteiger partial charge on any atom is 0.0433 e. The van der Waals surface area contributed by atoms with Crippen LogP contribution in [0, 0.1) is 40.4 Å². The van der Waals surface area contributed by atoms with Crippen LogP contribution in [0.25, 0.3) is 0 Å². The third kappa shape index (κ3) is 1.65. The van der Waals surface area contributed by atoms with Crippen LogP contribution < -0.4 is 0 Å². The average molecular weight is 329 g/mol. The van der Waals surface area contributed by atoms with Crippen molar-refractivity contribution in [3.05, 3.63) is 35.5 Å². The van der Waals surface area contributed by atoms with Crippen LogP contribution in [-0.2, 0) is 0 Å². The van der Waals surface area contributed by atoms with Gasteiger partial charge in [-0.05, 0) is 72.7 Å². The maximum atomic E-state index is 7.12. The summed E-state index contributed by atoms with van der Waals surface area (Å²) in [5.41, 5.74) is 3.92. The Bertz CT molecular complexity index is 640. The van der Waals surface area contributed by atoms with Gasteiger partial charge in [-0.25, -0.2) is 0 Å². The van der Waals surface area contributed by atoms with Gasteiger partial charge in [0.15, 0.2) is 0 Å². The Labute approximate surface area is 146 Å². The molecule has 0 N–H and O–H groups in total. The van der Waals surface area contributed by atoms with Gasteiger partial charge in [0.05, 0.1) is 0 Å². The van der Waals surface area contributed by atoms with Crippen LogP contribution in [0.5, 0.6) is 0 Å². The van der Waals surface area contributed by atoms with E-state index in [9.17, 15) is 0 Å².